The topological polar surface area (TPSA) is 64.6 Å². The van der Waals surface area contributed by atoms with Gasteiger partial charge in [0.05, 0.1) is 12.2 Å². The molecule has 0 saturated carbocycles. The SMILES string of the molecule is c1ccc(COc2ccc([C@@H]3c4c(OCc5ccccc5)cc(OCc5ccccc5)cc4[C@H]4c5c(OCc6ccccc6)cc(OCc6ccccc6)cc5[C@@H]3O[C@H]4c3ccc(OCc4ccccc4)cc3)cc2)cc1. The summed E-state index contributed by atoms with van der Waals surface area (Å²) in [6, 6.07) is 87.0. The normalized spacial score (nSPS) is 16.1. The highest BCUT2D eigenvalue weighted by Gasteiger charge is 2.50. The molecule has 0 aromatic heterocycles. The zero-order chi connectivity index (χ0) is 51.6. The Labute approximate surface area is 450 Å². The van der Waals surface area contributed by atoms with Gasteiger partial charge in [0, 0.05) is 35.1 Å². The highest BCUT2D eigenvalue weighted by molar-refractivity contribution is 5.65. The van der Waals surface area contributed by atoms with Crippen LogP contribution in [0.15, 0.2) is 255 Å². The highest BCUT2D eigenvalue weighted by atomic mass is 16.5. The second kappa shape index (κ2) is 23.2. The van der Waals surface area contributed by atoms with Crippen LogP contribution in [-0.4, -0.2) is 0 Å². The first-order valence-corrected chi connectivity index (χ1v) is 26.4. The Morgan fingerprint density at radius 3 is 0.948 bits per heavy atom. The minimum Gasteiger partial charge on any atom is -0.489 e. The van der Waals surface area contributed by atoms with Crippen molar-refractivity contribution in [3.05, 3.63) is 322 Å². The van der Waals surface area contributed by atoms with Gasteiger partial charge < -0.3 is 33.2 Å². The lowest BCUT2D eigenvalue weighted by Crippen LogP contribution is -2.26. The van der Waals surface area contributed by atoms with Crippen LogP contribution in [0, 0.1) is 0 Å². The number of fused-ring (bicyclic) bond motifs is 2. The van der Waals surface area contributed by atoms with Crippen molar-refractivity contribution in [3.63, 3.8) is 0 Å². The van der Waals surface area contributed by atoms with Crippen LogP contribution in [0.2, 0.25) is 0 Å². The molecule has 0 unspecified atom stereocenters. The second-order valence-corrected chi connectivity index (χ2v) is 19.6. The zero-order valence-electron chi connectivity index (χ0n) is 42.7. The summed E-state index contributed by atoms with van der Waals surface area (Å²) in [5.41, 5.74) is 12.5. The van der Waals surface area contributed by atoms with E-state index in [0.29, 0.717) is 56.9 Å². The molecule has 0 spiro atoms. The van der Waals surface area contributed by atoms with Gasteiger partial charge in [-0.25, -0.2) is 0 Å². The van der Waals surface area contributed by atoms with Gasteiger partial charge >= 0.3 is 0 Å². The lowest BCUT2D eigenvalue weighted by atomic mass is 9.79. The van der Waals surface area contributed by atoms with E-state index in [1.807, 2.05) is 109 Å². The summed E-state index contributed by atoms with van der Waals surface area (Å²) >= 11 is 0. The van der Waals surface area contributed by atoms with Crippen LogP contribution < -0.4 is 28.4 Å². The molecular formula is C70H58O7. The van der Waals surface area contributed by atoms with Crippen LogP contribution in [0.25, 0.3) is 0 Å². The Morgan fingerprint density at radius 2 is 0.571 bits per heavy atom. The van der Waals surface area contributed by atoms with Crippen LogP contribution in [0.5, 0.6) is 34.5 Å². The molecule has 1 heterocycles. The average Bonchev–Trinajstić information content (AvgIpc) is 3.78. The van der Waals surface area contributed by atoms with E-state index < -0.39 is 24.0 Å². The third-order valence-electron chi connectivity index (χ3n) is 14.4. The maximum absolute atomic E-state index is 7.82. The molecule has 4 atom stereocenters. The van der Waals surface area contributed by atoms with Crippen LogP contribution in [0.4, 0.5) is 0 Å². The Morgan fingerprint density at radius 1 is 0.260 bits per heavy atom. The largest absolute Gasteiger partial charge is 0.489 e. The molecule has 380 valence electrons. The number of benzene rings is 10. The van der Waals surface area contributed by atoms with Crippen molar-refractivity contribution in [3.8, 4) is 34.5 Å². The van der Waals surface area contributed by atoms with Gasteiger partial charge in [0.1, 0.15) is 74.1 Å². The lowest BCUT2D eigenvalue weighted by molar-refractivity contribution is -0.0399. The fourth-order valence-corrected chi connectivity index (χ4v) is 10.6. The number of ether oxygens (including phenoxy) is 7. The molecule has 2 bridgehead atoms. The van der Waals surface area contributed by atoms with E-state index in [4.69, 9.17) is 33.2 Å². The minimum absolute atomic E-state index is 0.342. The van der Waals surface area contributed by atoms with E-state index in [1.54, 1.807) is 0 Å². The molecule has 2 aliphatic rings. The summed E-state index contributed by atoms with van der Waals surface area (Å²) < 4.78 is 48.5. The van der Waals surface area contributed by atoms with Crippen molar-refractivity contribution in [2.24, 2.45) is 0 Å². The van der Waals surface area contributed by atoms with E-state index in [1.165, 1.54) is 0 Å². The Hall–Kier alpha value is -9.04. The monoisotopic (exact) mass is 1010 g/mol. The van der Waals surface area contributed by atoms with Gasteiger partial charge in [-0.1, -0.05) is 206 Å². The van der Waals surface area contributed by atoms with Gasteiger partial charge in [-0.05, 0) is 92.0 Å². The second-order valence-electron chi connectivity index (χ2n) is 19.6. The van der Waals surface area contributed by atoms with Crippen LogP contribution >= 0.6 is 0 Å². The molecular weight excluding hydrogens is 953 g/mol. The van der Waals surface area contributed by atoms with Crippen LogP contribution in [0.3, 0.4) is 0 Å². The van der Waals surface area contributed by atoms with E-state index in [-0.39, 0.29) is 0 Å². The fraction of sp³-hybridized carbons (Fsp3) is 0.143. The molecule has 10 aromatic rings. The van der Waals surface area contributed by atoms with E-state index >= 15 is 0 Å². The molecule has 1 aliphatic carbocycles. The van der Waals surface area contributed by atoms with Gasteiger partial charge in [-0.3, -0.25) is 0 Å². The summed E-state index contributed by atoms with van der Waals surface area (Å²) in [5.74, 6) is 3.53. The third kappa shape index (κ3) is 11.5. The van der Waals surface area contributed by atoms with Crippen LogP contribution in [0.1, 0.15) is 90.8 Å². The lowest BCUT2D eigenvalue weighted by Gasteiger charge is -2.39. The standard InChI is InChI=1S/C70H58O7/c1-7-19-49(20-8-1)43-71-57-35-31-55(32-36-57)65-66-61(39-59(73-45-51-23-11-3-12-24-51)41-63(66)75-47-53-27-15-5-16-28-53)68-67-62(70(65)77-69(68)56-33-37-58(38-34-56)72-44-50-21-9-2-10-22-50)40-60(74-46-52-25-13-4-14-26-52)42-64(67)76-48-54-29-17-6-18-30-54/h1-42,65,68-70H,43-48H2/t65-,68+,69+,70+/m1/s1. The van der Waals surface area contributed by atoms with E-state index in [9.17, 15) is 0 Å². The Balaban J connectivity index is 1.05. The summed E-state index contributed by atoms with van der Waals surface area (Å²) in [6.07, 6.45) is -1.05. The minimum atomic E-state index is -0.563. The van der Waals surface area contributed by atoms with Crippen molar-refractivity contribution in [2.45, 2.75) is 63.7 Å². The molecule has 0 radical (unpaired) electrons. The number of rotatable bonds is 20. The van der Waals surface area contributed by atoms with Gasteiger partial charge in [0.15, 0.2) is 0 Å². The molecule has 7 nitrogen and oxygen atoms in total. The first-order chi connectivity index (χ1) is 38.1. The Kier molecular flexibility index (Phi) is 14.8. The predicted molar refractivity (Wildman–Crippen MR) is 301 cm³/mol. The van der Waals surface area contributed by atoms with Gasteiger partial charge in [0.25, 0.3) is 0 Å². The van der Waals surface area contributed by atoms with E-state index in [0.717, 1.165) is 84.0 Å². The molecule has 1 aliphatic heterocycles. The molecule has 0 N–H and O–H groups in total. The molecule has 0 saturated heterocycles. The molecule has 10 aromatic carbocycles. The van der Waals surface area contributed by atoms with Gasteiger partial charge in [0.2, 0.25) is 0 Å². The highest BCUT2D eigenvalue weighted by Crippen LogP contribution is 2.63. The molecule has 7 heteroatoms. The summed E-state index contributed by atoms with van der Waals surface area (Å²) in [5, 5.41) is 0. The van der Waals surface area contributed by atoms with Gasteiger partial charge in [-0.15, -0.1) is 0 Å². The van der Waals surface area contributed by atoms with Crippen molar-refractivity contribution in [2.75, 3.05) is 0 Å². The van der Waals surface area contributed by atoms with Crippen LogP contribution in [-0.2, 0) is 44.4 Å². The van der Waals surface area contributed by atoms with Gasteiger partial charge in [-0.2, -0.15) is 0 Å². The summed E-state index contributed by atoms with van der Waals surface area (Å²) in [7, 11) is 0. The predicted octanol–water partition coefficient (Wildman–Crippen LogP) is 16.3. The third-order valence-corrected chi connectivity index (χ3v) is 14.4. The maximum Gasteiger partial charge on any atom is 0.127 e. The smallest absolute Gasteiger partial charge is 0.127 e. The molecule has 0 amide bonds. The zero-order valence-corrected chi connectivity index (χ0v) is 42.7. The Bertz CT molecular complexity index is 3490. The fourth-order valence-electron chi connectivity index (χ4n) is 10.6. The summed E-state index contributed by atoms with van der Waals surface area (Å²) in [4.78, 5) is 0. The first-order valence-electron chi connectivity index (χ1n) is 26.4. The molecule has 0 fully saturated rings. The maximum atomic E-state index is 7.82. The number of hydrogen-bond acceptors (Lipinski definition) is 7. The quantitative estimate of drug-likeness (QED) is 0.0754. The molecule has 77 heavy (non-hydrogen) atoms. The van der Waals surface area contributed by atoms with Crippen molar-refractivity contribution >= 4 is 0 Å². The van der Waals surface area contributed by atoms with E-state index in [2.05, 4.69) is 146 Å². The average molecular weight is 1010 g/mol. The summed E-state index contributed by atoms with van der Waals surface area (Å²) in [6.45, 7) is 2.34. The first kappa shape index (κ1) is 48.9. The van der Waals surface area contributed by atoms with Crippen molar-refractivity contribution < 1.29 is 33.2 Å². The number of hydrogen-bond donors (Lipinski definition) is 0. The van der Waals surface area contributed by atoms with Crippen molar-refractivity contribution in [1.82, 2.24) is 0 Å². The molecule has 12 rings (SSSR count). The van der Waals surface area contributed by atoms with Crippen molar-refractivity contribution in [1.29, 1.82) is 0 Å².